The second-order valence-corrected chi connectivity index (χ2v) is 9.20. The Morgan fingerprint density at radius 3 is 2.75 bits per heavy atom. The monoisotopic (exact) mass is 428 g/mol. The van der Waals surface area contributed by atoms with Crippen LogP contribution in [0.2, 0.25) is 5.02 Å². The molecule has 1 N–H and O–H groups in total. The minimum Gasteiger partial charge on any atom is -0.355 e. The summed E-state index contributed by atoms with van der Waals surface area (Å²) in [6.45, 7) is 3.15. The van der Waals surface area contributed by atoms with Crippen LogP contribution < -0.4 is 5.56 Å². The van der Waals surface area contributed by atoms with Crippen molar-refractivity contribution in [1.82, 2.24) is 9.88 Å². The van der Waals surface area contributed by atoms with Crippen LogP contribution >= 0.6 is 35.6 Å². The van der Waals surface area contributed by atoms with Crippen LogP contribution in [0, 0.1) is 0 Å². The number of benzene rings is 2. The van der Waals surface area contributed by atoms with Crippen molar-refractivity contribution in [1.29, 1.82) is 0 Å². The van der Waals surface area contributed by atoms with Crippen molar-refractivity contribution in [2.24, 2.45) is 0 Å². The molecule has 0 spiro atoms. The molecular formula is C22H21ClN2OS2. The third-order valence-electron chi connectivity index (χ3n) is 5.22. The number of hydrogen-bond acceptors (Lipinski definition) is 3. The number of H-pyrrole nitrogens is 1. The molecule has 1 saturated heterocycles. The van der Waals surface area contributed by atoms with Crippen molar-refractivity contribution >= 4 is 50.8 Å². The number of piperidine rings is 1. The number of rotatable bonds is 2. The molecule has 0 saturated carbocycles. The largest absolute Gasteiger partial charge is 0.355 e. The van der Waals surface area contributed by atoms with Gasteiger partial charge >= 0.3 is 0 Å². The normalized spacial score (nSPS) is 17.1. The summed E-state index contributed by atoms with van der Waals surface area (Å²) in [6, 6.07) is 15.9. The molecule has 6 heteroatoms. The highest BCUT2D eigenvalue weighted by Gasteiger charge is 2.24. The Balaban J connectivity index is 1.86. The zero-order valence-electron chi connectivity index (χ0n) is 15.6. The second kappa shape index (κ2) is 8.27. The third kappa shape index (κ3) is 3.84. The van der Waals surface area contributed by atoms with E-state index >= 15 is 0 Å². The SMILES string of the molecule is CC1CCCCN1C(=S)Sc1c(-c2ccccc2)c2cc(Cl)ccc2[nH]c1=O. The maximum absolute atomic E-state index is 13.0. The Labute approximate surface area is 179 Å². The number of pyridine rings is 1. The number of nitrogens with one attached hydrogen (secondary N) is 1. The molecule has 0 bridgehead atoms. The fraction of sp³-hybridized carbons (Fsp3) is 0.273. The quantitative estimate of drug-likeness (QED) is 0.395. The first kappa shape index (κ1) is 19.5. The van der Waals surface area contributed by atoms with E-state index in [0.29, 0.717) is 16.0 Å². The molecule has 1 atom stereocenters. The Morgan fingerprint density at radius 2 is 2.00 bits per heavy atom. The summed E-state index contributed by atoms with van der Waals surface area (Å²) >= 11 is 13.4. The third-order valence-corrected chi connectivity index (χ3v) is 6.94. The lowest BCUT2D eigenvalue weighted by atomic mass is 10.0. The van der Waals surface area contributed by atoms with E-state index in [9.17, 15) is 4.79 Å². The van der Waals surface area contributed by atoms with Gasteiger partial charge in [-0.05, 0) is 49.9 Å². The van der Waals surface area contributed by atoms with Crippen molar-refractivity contribution in [2.75, 3.05) is 6.54 Å². The average molecular weight is 429 g/mol. The van der Waals surface area contributed by atoms with Crippen molar-refractivity contribution < 1.29 is 0 Å². The first-order valence-electron chi connectivity index (χ1n) is 9.44. The molecule has 0 radical (unpaired) electrons. The smallest absolute Gasteiger partial charge is 0.263 e. The van der Waals surface area contributed by atoms with E-state index in [2.05, 4.69) is 16.8 Å². The predicted octanol–water partition coefficient (Wildman–Crippen LogP) is 6.10. The van der Waals surface area contributed by atoms with Gasteiger partial charge in [0.25, 0.3) is 5.56 Å². The summed E-state index contributed by atoms with van der Waals surface area (Å²) in [4.78, 5) is 18.9. The van der Waals surface area contributed by atoms with Crippen LogP contribution in [0.5, 0.6) is 0 Å². The molecule has 1 unspecified atom stereocenters. The van der Waals surface area contributed by atoms with Gasteiger partial charge in [0, 0.05) is 34.1 Å². The Kier molecular flexibility index (Phi) is 5.76. The number of thiocarbonyl (C=S) groups is 1. The van der Waals surface area contributed by atoms with Crippen LogP contribution in [-0.2, 0) is 0 Å². The number of nitrogens with zero attached hydrogens (tertiary/aromatic N) is 1. The minimum absolute atomic E-state index is 0.120. The van der Waals surface area contributed by atoms with E-state index in [1.807, 2.05) is 42.5 Å². The molecule has 1 aliphatic rings. The molecule has 0 amide bonds. The van der Waals surface area contributed by atoms with Gasteiger partial charge in [0.05, 0.1) is 4.90 Å². The zero-order chi connectivity index (χ0) is 19.7. The fourth-order valence-electron chi connectivity index (χ4n) is 3.75. The van der Waals surface area contributed by atoms with E-state index in [1.54, 1.807) is 6.07 Å². The summed E-state index contributed by atoms with van der Waals surface area (Å²) in [5.74, 6) is 0. The molecule has 3 nitrogen and oxygen atoms in total. The molecule has 1 fully saturated rings. The number of likely N-dealkylation sites (tertiary alicyclic amines) is 1. The molecule has 2 heterocycles. The number of halogens is 1. The maximum Gasteiger partial charge on any atom is 0.263 e. The van der Waals surface area contributed by atoms with Crippen molar-refractivity contribution in [3.63, 3.8) is 0 Å². The van der Waals surface area contributed by atoms with Crippen molar-refractivity contribution in [3.05, 3.63) is 63.9 Å². The number of thioether (sulfide) groups is 1. The van der Waals surface area contributed by atoms with Crippen molar-refractivity contribution in [3.8, 4) is 11.1 Å². The number of aromatic nitrogens is 1. The summed E-state index contributed by atoms with van der Waals surface area (Å²) in [6.07, 6.45) is 3.51. The second-order valence-electron chi connectivity index (χ2n) is 7.12. The number of fused-ring (bicyclic) bond motifs is 1. The average Bonchev–Trinajstić information content (AvgIpc) is 2.70. The van der Waals surface area contributed by atoms with E-state index in [1.165, 1.54) is 18.2 Å². The van der Waals surface area contributed by atoms with Crippen LogP contribution in [0.25, 0.3) is 22.0 Å². The highest BCUT2D eigenvalue weighted by atomic mass is 35.5. The fourth-order valence-corrected chi connectivity index (χ4v) is 5.48. The van der Waals surface area contributed by atoms with Gasteiger partial charge < -0.3 is 9.88 Å². The summed E-state index contributed by atoms with van der Waals surface area (Å²) in [5, 5.41) is 1.57. The highest BCUT2D eigenvalue weighted by molar-refractivity contribution is 8.23. The van der Waals surface area contributed by atoms with E-state index in [0.717, 1.165) is 45.7 Å². The molecule has 144 valence electrons. The van der Waals surface area contributed by atoms with Crippen LogP contribution in [0.15, 0.2) is 58.2 Å². The molecule has 4 rings (SSSR count). The lowest BCUT2D eigenvalue weighted by Crippen LogP contribution is -2.40. The van der Waals surface area contributed by atoms with Gasteiger partial charge in [0.2, 0.25) is 0 Å². The maximum atomic E-state index is 13.0. The molecule has 1 aromatic heterocycles. The molecule has 28 heavy (non-hydrogen) atoms. The standard InChI is InChI=1S/C22H21ClN2OS2/c1-14-7-5-6-12-25(14)22(27)28-20-19(15-8-3-2-4-9-15)17-13-16(23)10-11-18(17)24-21(20)26/h2-4,8-11,13-14H,5-7,12H2,1H3,(H,24,26). The zero-order valence-corrected chi connectivity index (χ0v) is 18.0. The summed E-state index contributed by atoms with van der Waals surface area (Å²) in [7, 11) is 0. The Bertz CT molecular complexity index is 1080. The molecule has 0 aliphatic carbocycles. The van der Waals surface area contributed by atoms with Gasteiger partial charge in [0.1, 0.15) is 4.32 Å². The molecule has 3 aromatic rings. The summed E-state index contributed by atoms with van der Waals surface area (Å²) < 4.78 is 0.760. The minimum atomic E-state index is -0.120. The number of aromatic amines is 1. The topological polar surface area (TPSA) is 36.1 Å². The lowest BCUT2D eigenvalue weighted by molar-refractivity contribution is 0.267. The van der Waals surface area contributed by atoms with Gasteiger partial charge in [0.15, 0.2) is 0 Å². The van der Waals surface area contributed by atoms with Crippen molar-refractivity contribution in [2.45, 2.75) is 37.1 Å². The van der Waals surface area contributed by atoms with Crippen LogP contribution in [0.3, 0.4) is 0 Å². The van der Waals surface area contributed by atoms with Crippen LogP contribution in [0.4, 0.5) is 0 Å². The molecule has 1 aliphatic heterocycles. The van der Waals surface area contributed by atoms with E-state index in [-0.39, 0.29) is 5.56 Å². The Hall–Kier alpha value is -1.82. The highest BCUT2D eigenvalue weighted by Crippen LogP contribution is 2.37. The predicted molar refractivity (Wildman–Crippen MR) is 123 cm³/mol. The van der Waals surface area contributed by atoms with Crippen LogP contribution in [-0.4, -0.2) is 26.8 Å². The van der Waals surface area contributed by atoms with Gasteiger partial charge in [-0.15, -0.1) is 0 Å². The first-order valence-corrected chi connectivity index (χ1v) is 11.0. The van der Waals surface area contributed by atoms with Crippen LogP contribution in [0.1, 0.15) is 26.2 Å². The first-order chi connectivity index (χ1) is 13.5. The van der Waals surface area contributed by atoms with E-state index in [4.69, 9.17) is 23.8 Å². The van der Waals surface area contributed by atoms with E-state index < -0.39 is 0 Å². The Morgan fingerprint density at radius 1 is 1.21 bits per heavy atom. The molecule has 2 aromatic carbocycles. The van der Waals surface area contributed by atoms with Gasteiger partial charge in [-0.1, -0.05) is 65.9 Å². The lowest BCUT2D eigenvalue weighted by Gasteiger charge is -2.35. The van der Waals surface area contributed by atoms with Gasteiger partial charge in [-0.3, -0.25) is 4.79 Å². The molecular weight excluding hydrogens is 408 g/mol. The summed E-state index contributed by atoms with van der Waals surface area (Å²) in [5.41, 5.74) is 2.53. The van der Waals surface area contributed by atoms with Gasteiger partial charge in [-0.2, -0.15) is 0 Å². The van der Waals surface area contributed by atoms with Gasteiger partial charge in [-0.25, -0.2) is 0 Å². The number of hydrogen-bond donors (Lipinski definition) is 1.